The van der Waals surface area contributed by atoms with Gasteiger partial charge in [0.05, 0.1) is 0 Å². The van der Waals surface area contributed by atoms with Crippen molar-refractivity contribution in [3.05, 3.63) is 0 Å². The molecule has 1 saturated heterocycles. The Balaban J connectivity index is 1.56. The molecule has 0 spiro atoms. The number of rotatable bonds is 1. The summed E-state index contributed by atoms with van der Waals surface area (Å²) in [5.41, 5.74) is 0. The van der Waals surface area contributed by atoms with Crippen molar-refractivity contribution in [1.82, 2.24) is 10.2 Å². The molecule has 1 N–H and O–H groups in total. The van der Waals surface area contributed by atoms with Gasteiger partial charge in [-0.3, -0.25) is 0 Å². The van der Waals surface area contributed by atoms with E-state index in [0.717, 1.165) is 24.8 Å². The van der Waals surface area contributed by atoms with Gasteiger partial charge in [-0.25, -0.2) is 4.79 Å². The molecule has 0 radical (unpaired) electrons. The van der Waals surface area contributed by atoms with E-state index < -0.39 is 0 Å². The normalized spacial score (nSPS) is 41.3. The van der Waals surface area contributed by atoms with E-state index in [1.165, 1.54) is 44.9 Å². The summed E-state index contributed by atoms with van der Waals surface area (Å²) in [7, 11) is 0. The van der Waals surface area contributed by atoms with Gasteiger partial charge in [-0.15, -0.1) is 0 Å². The number of urea groups is 1. The number of carbonyl (C=O) groups excluding carboxylic acids is 1. The Kier molecular flexibility index (Phi) is 4.23. The summed E-state index contributed by atoms with van der Waals surface area (Å²) in [4.78, 5) is 14.8. The number of hydrogen-bond donors (Lipinski definition) is 1. The molecule has 5 atom stereocenters. The van der Waals surface area contributed by atoms with Gasteiger partial charge >= 0.3 is 6.03 Å². The zero-order valence-electron chi connectivity index (χ0n) is 13.1. The monoisotopic (exact) mass is 278 g/mol. The standard InChI is InChI=1S/C17H30N2O/c1-12-7-8-15(13(2)11-12)18-17(20)19-10-9-14-5-3-4-6-16(14)19/h12-16H,3-11H2,1-2H3,(H,18,20)/t12-,13-,14+,15+,16+/m1/s1. The highest BCUT2D eigenvalue weighted by atomic mass is 16.2. The molecule has 3 rings (SSSR count). The van der Waals surface area contributed by atoms with Crippen LogP contribution in [0.25, 0.3) is 0 Å². The van der Waals surface area contributed by atoms with Gasteiger partial charge in [-0.1, -0.05) is 26.7 Å². The second-order valence-corrected chi connectivity index (χ2v) is 7.55. The average molecular weight is 278 g/mol. The van der Waals surface area contributed by atoms with Crippen LogP contribution in [0.4, 0.5) is 4.79 Å². The van der Waals surface area contributed by atoms with E-state index in [9.17, 15) is 4.79 Å². The Bertz CT molecular complexity index is 357. The minimum Gasteiger partial charge on any atom is -0.335 e. The molecule has 3 aliphatic rings. The van der Waals surface area contributed by atoms with Crippen LogP contribution in [-0.2, 0) is 0 Å². The summed E-state index contributed by atoms with van der Waals surface area (Å²) in [5.74, 6) is 2.25. The first-order valence-electron chi connectivity index (χ1n) is 8.72. The first-order chi connectivity index (χ1) is 9.65. The number of fused-ring (bicyclic) bond motifs is 1. The van der Waals surface area contributed by atoms with Crippen LogP contribution in [0.2, 0.25) is 0 Å². The SMILES string of the molecule is C[C@@H]1CC[C@H](NC(=O)N2CC[C@@H]3CCCC[C@@H]32)[C@H](C)C1. The van der Waals surface area contributed by atoms with Crippen molar-refractivity contribution in [2.24, 2.45) is 17.8 Å². The molecule has 3 fully saturated rings. The second kappa shape index (κ2) is 5.95. The summed E-state index contributed by atoms with van der Waals surface area (Å²) >= 11 is 0. The minimum absolute atomic E-state index is 0.228. The Hall–Kier alpha value is -0.730. The van der Waals surface area contributed by atoms with E-state index in [1.54, 1.807) is 0 Å². The van der Waals surface area contributed by atoms with Crippen LogP contribution < -0.4 is 5.32 Å². The number of nitrogens with zero attached hydrogens (tertiary/aromatic N) is 1. The lowest BCUT2D eigenvalue weighted by atomic mass is 9.80. The van der Waals surface area contributed by atoms with Crippen LogP contribution >= 0.6 is 0 Å². The number of likely N-dealkylation sites (tertiary alicyclic amines) is 1. The molecule has 3 nitrogen and oxygen atoms in total. The first kappa shape index (κ1) is 14.2. The van der Waals surface area contributed by atoms with Gasteiger partial charge in [0.1, 0.15) is 0 Å². The van der Waals surface area contributed by atoms with Crippen molar-refractivity contribution >= 4 is 6.03 Å². The lowest BCUT2D eigenvalue weighted by Gasteiger charge is -2.36. The van der Waals surface area contributed by atoms with Crippen LogP contribution in [0.5, 0.6) is 0 Å². The zero-order valence-corrected chi connectivity index (χ0v) is 13.1. The van der Waals surface area contributed by atoms with Crippen LogP contribution in [-0.4, -0.2) is 29.6 Å². The summed E-state index contributed by atoms with van der Waals surface area (Å²) in [6.07, 6.45) is 10.2. The molecule has 0 aromatic carbocycles. The second-order valence-electron chi connectivity index (χ2n) is 7.55. The van der Waals surface area contributed by atoms with E-state index in [-0.39, 0.29) is 6.03 Å². The third kappa shape index (κ3) is 2.82. The topological polar surface area (TPSA) is 32.3 Å². The molecule has 1 aliphatic heterocycles. The summed E-state index contributed by atoms with van der Waals surface area (Å²) < 4.78 is 0. The molecule has 20 heavy (non-hydrogen) atoms. The highest BCUT2D eigenvalue weighted by molar-refractivity contribution is 5.75. The Morgan fingerprint density at radius 2 is 1.85 bits per heavy atom. The van der Waals surface area contributed by atoms with Crippen molar-refractivity contribution in [2.75, 3.05) is 6.54 Å². The van der Waals surface area contributed by atoms with Crippen LogP contribution in [0.15, 0.2) is 0 Å². The molecular formula is C17H30N2O. The zero-order chi connectivity index (χ0) is 14.1. The van der Waals surface area contributed by atoms with Crippen molar-refractivity contribution < 1.29 is 4.79 Å². The highest BCUT2D eigenvalue weighted by Crippen LogP contribution is 2.36. The largest absolute Gasteiger partial charge is 0.335 e. The molecular weight excluding hydrogens is 248 g/mol. The third-order valence-corrected chi connectivity index (χ3v) is 6.01. The fourth-order valence-electron chi connectivity index (χ4n) is 4.78. The molecule has 1 heterocycles. The Morgan fingerprint density at radius 3 is 2.65 bits per heavy atom. The lowest BCUT2D eigenvalue weighted by molar-refractivity contribution is 0.154. The van der Waals surface area contributed by atoms with Crippen LogP contribution in [0, 0.1) is 17.8 Å². The predicted molar refractivity (Wildman–Crippen MR) is 81.6 cm³/mol. The van der Waals surface area contributed by atoms with Crippen LogP contribution in [0.1, 0.15) is 65.2 Å². The van der Waals surface area contributed by atoms with E-state index >= 15 is 0 Å². The maximum Gasteiger partial charge on any atom is 0.317 e. The Labute approximate surface area is 123 Å². The number of amides is 2. The van der Waals surface area contributed by atoms with Crippen LogP contribution in [0.3, 0.4) is 0 Å². The van der Waals surface area contributed by atoms with Gasteiger partial charge in [0.25, 0.3) is 0 Å². The molecule has 0 aromatic rings. The fraction of sp³-hybridized carbons (Fsp3) is 0.941. The van der Waals surface area contributed by atoms with E-state index in [4.69, 9.17) is 0 Å². The first-order valence-corrected chi connectivity index (χ1v) is 8.72. The minimum atomic E-state index is 0.228. The summed E-state index contributed by atoms with van der Waals surface area (Å²) in [6, 6.07) is 1.17. The smallest absolute Gasteiger partial charge is 0.317 e. The molecule has 3 heteroatoms. The predicted octanol–water partition coefficient (Wildman–Crippen LogP) is 3.79. The fourth-order valence-corrected chi connectivity index (χ4v) is 4.78. The molecule has 2 aliphatic carbocycles. The number of hydrogen-bond acceptors (Lipinski definition) is 1. The number of carbonyl (C=O) groups is 1. The van der Waals surface area contributed by atoms with Gasteiger partial charge in [0, 0.05) is 18.6 Å². The third-order valence-electron chi connectivity index (χ3n) is 6.01. The van der Waals surface area contributed by atoms with Crippen molar-refractivity contribution in [2.45, 2.75) is 77.3 Å². The number of nitrogens with one attached hydrogen (secondary N) is 1. The molecule has 0 aromatic heterocycles. The molecule has 2 saturated carbocycles. The van der Waals surface area contributed by atoms with Gasteiger partial charge in [-0.05, 0) is 56.3 Å². The summed E-state index contributed by atoms with van der Waals surface area (Å²) in [5, 5.41) is 3.35. The maximum absolute atomic E-state index is 12.6. The van der Waals surface area contributed by atoms with E-state index in [2.05, 4.69) is 24.1 Å². The van der Waals surface area contributed by atoms with Crippen molar-refractivity contribution in [3.63, 3.8) is 0 Å². The van der Waals surface area contributed by atoms with Crippen molar-refractivity contribution in [1.29, 1.82) is 0 Å². The molecule has 0 unspecified atom stereocenters. The molecule has 0 bridgehead atoms. The quantitative estimate of drug-likeness (QED) is 0.777. The van der Waals surface area contributed by atoms with Gasteiger partial charge in [0.15, 0.2) is 0 Å². The maximum atomic E-state index is 12.6. The molecule has 2 amide bonds. The average Bonchev–Trinajstić information content (AvgIpc) is 2.86. The highest BCUT2D eigenvalue weighted by Gasteiger charge is 2.39. The van der Waals surface area contributed by atoms with Gasteiger partial charge in [-0.2, -0.15) is 0 Å². The molecule has 114 valence electrons. The van der Waals surface area contributed by atoms with E-state index in [1.807, 2.05) is 0 Å². The van der Waals surface area contributed by atoms with Gasteiger partial charge < -0.3 is 10.2 Å². The lowest BCUT2D eigenvalue weighted by Crippen LogP contribution is -2.51. The van der Waals surface area contributed by atoms with Gasteiger partial charge in [0.2, 0.25) is 0 Å². The van der Waals surface area contributed by atoms with Crippen molar-refractivity contribution in [3.8, 4) is 0 Å². The Morgan fingerprint density at radius 1 is 1.05 bits per heavy atom. The summed E-state index contributed by atoms with van der Waals surface area (Å²) in [6.45, 7) is 5.62. The van der Waals surface area contributed by atoms with E-state index in [0.29, 0.717) is 18.0 Å².